The largest absolute Gasteiger partial charge is 0.457 e. The van der Waals surface area contributed by atoms with Gasteiger partial charge in [0.2, 0.25) is 0 Å². The maximum Gasteiger partial charge on any atom is 0.349 e. The highest BCUT2D eigenvalue weighted by molar-refractivity contribution is 9.10. The second-order valence-corrected chi connectivity index (χ2v) is 7.44. The van der Waals surface area contributed by atoms with E-state index < -0.39 is 17.7 Å². The van der Waals surface area contributed by atoms with Gasteiger partial charge in [0.15, 0.2) is 0 Å². The Labute approximate surface area is 159 Å². The zero-order valence-corrected chi connectivity index (χ0v) is 15.6. The average molecular weight is 417 g/mol. The van der Waals surface area contributed by atoms with Crippen LogP contribution in [0.3, 0.4) is 0 Å². The van der Waals surface area contributed by atoms with E-state index in [0.717, 1.165) is 29.3 Å². The van der Waals surface area contributed by atoms with Crippen LogP contribution < -0.4 is 0 Å². The van der Waals surface area contributed by atoms with Crippen molar-refractivity contribution in [3.05, 3.63) is 52.2 Å². The van der Waals surface area contributed by atoms with E-state index >= 15 is 0 Å². The van der Waals surface area contributed by atoms with Gasteiger partial charge >= 0.3 is 11.9 Å². The van der Waals surface area contributed by atoms with Crippen LogP contribution >= 0.6 is 15.9 Å². The first-order valence-corrected chi connectivity index (χ1v) is 9.38. The molecule has 1 aliphatic carbocycles. The lowest BCUT2D eigenvalue weighted by Crippen LogP contribution is -2.47. The van der Waals surface area contributed by atoms with Crippen molar-refractivity contribution in [3.63, 3.8) is 0 Å². The Morgan fingerprint density at radius 2 is 1.69 bits per heavy atom. The van der Waals surface area contributed by atoms with E-state index in [1.807, 2.05) is 24.3 Å². The van der Waals surface area contributed by atoms with Gasteiger partial charge in [-0.25, -0.2) is 9.59 Å². The highest BCUT2D eigenvalue weighted by Gasteiger charge is 2.46. The van der Waals surface area contributed by atoms with Crippen LogP contribution in [0.5, 0.6) is 0 Å². The Kier molecular flexibility index (Phi) is 4.44. The first-order chi connectivity index (χ1) is 12.5. The monoisotopic (exact) mass is 416 g/mol. The van der Waals surface area contributed by atoms with Gasteiger partial charge in [0.25, 0.3) is 5.79 Å². The lowest BCUT2D eigenvalue weighted by atomic mass is 9.93. The maximum absolute atomic E-state index is 12.4. The molecular weight excluding hydrogens is 400 g/mol. The normalized spacial score (nSPS) is 19.2. The van der Waals surface area contributed by atoms with Crippen molar-refractivity contribution < 1.29 is 23.5 Å². The molecule has 2 fully saturated rings. The zero-order chi connectivity index (χ0) is 18.1. The summed E-state index contributed by atoms with van der Waals surface area (Å²) in [6.45, 7) is 0. The molecule has 0 atom stereocenters. The van der Waals surface area contributed by atoms with Crippen LogP contribution in [0.4, 0.5) is 0 Å². The van der Waals surface area contributed by atoms with Gasteiger partial charge < -0.3 is 13.9 Å². The van der Waals surface area contributed by atoms with Crippen LogP contribution in [0, 0.1) is 0 Å². The third kappa shape index (κ3) is 3.33. The molecular formula is C20H17BrO5. The Balaban J connectivity index is 1.57. The fourth-order valence-corrected chi connectivity index (χ4v) is 3.73. The fourth-order valence-electron chi connectivity index (χ4n) is 3.33. The molecule has 1 saturated carbocycles. The van der Waals surface area contributed by atoms with Crippen molar-refractivity contribution in [2.24, 2.45) is 0 Å². The minimum atomic E-state index is -1.08. The molecule has 0 N–H and O–H groups in total. The highest BCUT2D eigenvalue weighted by atomic mass is 79.9. The number of rotatable bonds is 2. The van der Waals surface area contributed by atoms with Crippen LogP contribution in [0.1, 0.15) is 37.9 Å². The second kappa shape index (κ2) is 6.76. The molecule has 0 radical (unpaired) electrons. The summed E-state index contributed by atoms with van der Waals surface area (Å²) >= 11 is 3.42. The Hall–Kier alpha value is -2.34. The Morgan fingerprint density at radius 3 is 2.38 bits per heavy atom. The number of hydrogen-bond donors (Lipinski definition) is 0. The number of ether oxygens (including phenoxy) is 2. The molecule has 2 aliphatic rings. The fraction of sp³-hybridized carbons (Fsp3) is 0.300. The van der Waals surface area contributed by atoms with Crippen LogP contribution in [0.25, 0.3) is 17.4 Å². The van der Waals surface area contributed by atoms with E-state index in [4.69, 9.17) is 13.9 Å². The molecule has 0 bridgehead atoms. The van der Waals surface area contributed by atoms with Gasteiger partial charge in [-0.15, -0.1) is 0 Å². The third-order valence-electron chi connectivity index (χ3n) is 4.64. The van der Waals surface area contributed by atoms with Gasteiger partial charge in [-0.3, -0.25) is 0 Å². The summed E-state index contributed by atoms with van der Waals surface area (Å²) in [5.41, 5.74) is 0.746. The van der Waals surface area contributed by atoms with E-state index in [2.05, 4.69) is 15.9 Å². The van der Waals surface area contributed by atoms with E-state index in [0.29, 0.717) is 24.4 Å². The van der Waals surface area contributed by atoms with Crippen molar-refractivity contribution in [2.45, 2.75) is 37.9 Å². The van der Waals surface area contributed by atoms with Crippen LogP contribution in [0.2, 0.25) is 0 Å². The molecule has 1 spiro atoms. The molecule has 2 aromatic rings. The highest BCUT2D eigenvalue weighted by Crippen LogP contribution is 2.37. The number of carbonyl (C=O) groups excluding carboxylic acids is 2. The van der Waals surface area contributed by atoms with Gasteiger partial charge in [0.1, 0.15) is 17.1 Å². The quantitative estimate of drug-likeness (QED) is 0.397. The number of halogens is 1. The second-order valence-electron chi connectivity index (χ2n) is 6.52. The van der Waals surface area contributed by atoms with E-state index in [1.165, 1.54) is 6.08 Å². The summed E-state index contributed by atoms with van der Waals surface area (Å²) in [4.78, 5) is 24.7. The van der Waals surface area contributed by atoms with E-state index in [1.54, 1.807) is 12.1 Å². The van der Waals surface area contributed by atoms with Gasteiger partial charge in [0, 0.05) is 29.0 Å². The predicted molar refractivity (Wildman–Crippen MR) is 97.8 cm³/mol. The minimum absolute atomic E-state index is 0.142. The van der Waals surface area contributed by atoms with Crippen molar-refractivity contribution in [2.75, 3.05) is 0 Å². The zero-order valence-electron chi connectivity index (χ0n) is 14.0. The Morgan fingerprint density at radius 1 is 0.962 bits per heavy atom. The number of furan rings is 1. The molecule has 4 rings (SSSR count). The summed E-state index contributed by atoms with van der Waals surface area (Å²) in [6.07, 6.45) is 5.32. The van der Waals surface area contributed by atoms with Crippen molar-refractivity contribution in [1.82, 2.24) is 0 Å². The van der Waals surface area contributed by atoms with E-state index in [9.17, 15) is 9.59 Å². The SMILES string of the molecule is O=C1OC2(CCCCC2)OC(=O)C1=Cc1ccc(-c2cccc(Br)c2)o1. The lowest BCUT2D eigenvalue weighted by Gasteiger charge is -2.38. The molecule has 2 heterocycles. The van der Waals surface area contributed by atoms with Gasteiger partial charge in [-0.1, -0.05) is 34.5 Å². The minimum Gasteiger partial charge on any atom is -0.457 e. The number of hydrogen-bond acceptors (Lipinski definition) is 5. The lowest BCUT2D eigenvalue weighted by molar-refractivity contribution is -0.244. The first kappa shape index (κ1) is 17.1. The molecule has 1 aliphatic heterocycles. The Bertz CT molecular complexity index is 867. The topological polar surface area (TPSA) is 65.7 Å². The number of esters is 2. The molecule has 0 unspecified atom stereocenters. The first-order valence-electron chi connectivity index (χ1n) is 8.59. The molecule has 5 nitrogen and oxygen atoms in total. The maximum atomic E-state index is 12.4. The van der Waals surface area contributed by atoms with Crippen molar-refractivity contribution in [3.8, 4) is 11.3 Å². The smallest absolute Gasteiger partial charge is 0.349 e. The molecule has 1 aromatic heterocycles. The van der Waals surface area contributed by atoms with Gasteiger partial charge in [-0.05, 0) is 37.1 Å². The molecule has 0 amide bonds. The predicted octanol–water partition coefficient (Wildman–Crippen LogP) is 4.85. The molecule has 6 heteroatoms. The third-order valence-corrected chi connectivity index (χ3v) is 5.13. The van der Waals surface area contributed by atoms with Crippen LogP contribution in [-0.4, -0.2) is 17.7 Å². The van der Waals surface area contributed by atoms with Crippen molar-refractivity contribution >= 4 is 33.9 Å². The van der Waals surface area contributed by atoms with Gasteiger partial charge in [-0.2, -0.15) is 0 Å². The van der Waals surface area contributed by atoms with Gasteiger partial charge in [0.05, 0.1) is 0 Å². The molecule has 134 valence electrons. The molecule has 1 saturated heterocycles. The van der Waals surface area contributed by atoms with Crippen LogP contribution in [0.15, 0.2) is 50.9 Å². The summed E-state index contributed by atoms with van der Waals surface area (Å²) in [5.74, 6) is -1.34. The summed E-state index contributed by atoms with van der Waals surface area (Å²) in [7, 11) is 0. The number of carbonyl (C=O) groups is 2. The number of benzene rings is 1. The molecule has 26 heavy (non-hydrogen) atoms. The standard InChI is InChI=1S/C20H17BrO5/c21-14-6-4-5-13(11-14)17-8-7-15(24-17)12-16-18(22)25-20(26-19(16)23)9-2-1-3-10-20/h4-8,11-12H,1-3,9-10H2. The van der Waals surface area contributed by atoms with Crippen LogP contribution in [-0.2, 0) is 19.1 Å². The van der Waals surface area contributed by atoms with Crippen molar-refractivity contribution in [1.29, 1.82) is 0 Å². The van der Waals surface area contributed by atoms with E-state index in [-0.39, 0.29) is 5.57 Å². The summed E-state index contributed by atoms with van der Waals surface area (Å²) < 4.78 is 17.6. The summed E-state index contributed by atoms with van der Waals surface area (Å²) in [5, 5.41) is 0. The summed E-state index contributed by atoms with van der Waals surface area (Å²) in [6, 6.07) is 11.2. The average Bonchev–Trinajstić information content (AvgIpc) is 3.08. The molecule has 1 aromatic carbocycles.